The van der Waals surface area contributed by atoms with Crippen molar-refractivity contribution in [1.82, 2.24) is 40.6 Å². The fraction of sp³-hybridized carbons (Fsp3) is 0.353. The van der Waals surface area contributed by atoms with Gasteiger partial charge in [0.2, 0.25) is 11.6 Å². The number of hydrogen-bond donors (Lipinski definition) is 2. The first-order valence-electron chi connectivity index (χ1n) is 9.14. The topological polar surface area (TPSA) is 153 Å². The molecule has 0 saturated carbocycles. The van der Waals surface area contributed by atoms with Gasteiger partial charge in [-0.15, -0.1) is 5.10 Å². The number of likely N-dealkylation sites (tertiary alicyclic amines) is 1. The van der Waals surface area contributed by atoms with Gasteiger partial charge in [0.05, 0.1) is 5.71 Å². The number of nitrogens with one attached hydrogen (secondary N) is 1. The number of rotatable bonds is 6. The molecule has 4 heterocycles. The van der Waals surface area contributed by atoms with Gasteiger partial charge in [0, 0.05) is 24.5 Å². The van der Waals surface area contributed by atoms with Crippen LogP contribution in [0.25, 0.3) is 5.82 Å². The summed E-state index contributed by atoms with van der Waals surface area (Å²) in [6.45, 7) is 4.15. The molecule has 12 nitrogen and oxygen atoms in total. The van der Waals surface area contributed by atoms with Crippen LogP contribution in [0.5, 0.6) is 0 Å². The lowest BCUT2D eigenvalue weighted by Gasteiger charge is -2.13. The lowest BCUT2D eigenvalue weighted by molar-refractivity contribution is 0.0945. The summed E-state index contributed by atoms with van der Waals surface area (Å²) >= 11 is 0. The maximum atomic E-state index is 13.0. The molecule has 3 aromatic rings. The number of aromatic nitrogens is 6. The number of anilines is 1. The molecule has 4 rings (SSSR count). The SMILES string of the molecule is C/C(=N\NC(=O)c1c(CN2CCCC2)nnn1-c1nonc1N)c1cccnc1. The van der Waals surface area contributed by atoms with Gasteiger partial charge in [-0.2, -0.15) is 9.78 Å². The van der Waals surface area contributed by atoms with E-state index in [2.05, 4.69) is 45.7 Å². The molecule has 0 unspecified atom stereocenters. The molecule has 29 heavy (non-hydrogen) atoms. The first-order chi connectivity index (χ1) is 14.1. The van der Waals surface area contributed by atoms with Crippen molar-refractivity contribution in [3.63, 3.8) is 0 Å². The second kappa shape index (κ2) is 8.14. The van der Waals surface area contributed by atoms with Crippen molar-refractivity contribution in [3.05, 3.63) is 41.5 Å². The van der Waals surface area contributed by atoms with Gasteiger partial charge in [0.1, 0.15) is 5.69 Å². The van der Waals surface area contributed by atoms with Crippen molar-refractivity contribution in [1.29, 1.82) is 0 Å². The second-order valence-electron chi connectivity index (χ2n) is 6.63. The van der Waals surface area contributed by atoms with Crippen molar-refractivity contribution < 1.29 is 9.42 Å². The van der Waals surface area contributed by atoms with Crippen LogP contribution in [0.15, 0.2) is 34.3 Å². The highest BCUT2D eigenvalue weighted by atomic mass is 16.6. The summed E-state index contributed by atoms with van der Waals surface area (Å²) in [6.07, 6.45) is 5.56. The fourth-order valence-electron chi connectivity index (χ4n) is 3.11. The fourth-order valence-corrected chi connectivity index (χ4v) is 3.11. The molecule has 150 valence electrons. The number of carbonyl (C=O) groups excluding carboxylic acids is 1. The number of pyridine rings is 1. The molecule has 1 fully saturated rings. The number of hydrogen-bond acceptors (Lipinski definition) is 10. The number of amides is 1. The molecule has 1 aliphatic heterocycles. The summed E-state index contributed by atoms with van der Waals surface area (Å²) in [5.74, 6) is -0.384. The van der Waals surface area contributed by atoms with E-state index in [1.54, 1.807) is 25.4 Å². The van der Waals surface area contributed by atoms with Crippen LogP contribution in [-0.4, -0.2) is 59.9 Å². The molecule has 0 aliphatic carbocycles. The molecule has 0 aromatic carbocycles. The molecule has 1 aliphatic rings. The first kappa shape index (κ1) is 18.7. The van der Waals surface area contributed by atoms with E-state index in [0.717, 1.165) is 31.5 Å². The van der Waals surface area contributed by atoms with Crippen LogP contribution in [0.4, 0.5) is 5.82 Å². The van der Waals surface area contributed by atoms with Gasteiger partial charge >= 0.3 is 0 Å². The lowest BCUT2D eigenvalue weighted by atomic mass is 10.2. The standard InChI is InChI=1S/C17H20N10O2/c1-11(12-5-4-6-19-9-12)20-22-17(28)14-13(10-26-7-2-3-8-26)21-25-27(14)16-15(18)23-29-24-16/h4-6,9H,2-3,7-8,10H2,1H3,(H2,18,23)(H,22,28)/b20-11+. The molecule has 0 spiro atoms. The number of hydrazone groups is 1. The zero-order valence-corrected chi connectivity index (χ0v) is 15.8. The van der Waals surface area contributed by atoms with Crippen LogP contribution in [0.2, 0.25) is 0 Å². The highest BCUT2D eigenvalue weighted by Crippen LogP contribution is 2.19. The molecule has 0 bridgehead atoms. The van der Waals surface area contributed by atoms with Crippen molar-refractivity contribution in [3.8, 4) is 5.82 Å². The highest BCUT2D eigenvalue weighted by Gasteiger charge is 2.27. The average Bonchev–Trinajstić information content (AvgIpc) is 3.48. The summed E-state index contributed by atoms with van der Waals surface area (Å²) in [4.78, 5) is 19.2. The number of nitrogens with zero attached hydrogens (tertiary/aromatic N) is 8. The summed E-state index contributed by atoms with van der Waals surface area (Å²) in [5, 5.41) is 19.7. The van der Waals surface area contributed by atoms with Gasteiger partial charge in [-0.1, -0.05) is 11.3 Å². The van der Waals surface area contributed by atoms with Crippen LogP contribution < -0.4 is 11.2 Å². The monoisotopic (exact) mass is 396 g/mol. The Morgan fingerprint density at radius 1 is 1.34 bits per heavy atom. The number of nitrogens with two attached hydrogens (primary N) is 1. The van der Waals surface area contributed by atoms with E-state index < -0.39 is 5.91 Å². The zero-order chi connectivity index (χ0) is 20.2. The van der Waals surface area contributed by atoms with Crippen LogP contribution in [0.1, 0.15) is 41.5 Å². The van der Waals surface area contributed by atoms with Gasteiger partial charge in [-0.05, 0) is 49.2 Å². The predicted molar refractivity (Wildman–Crippen MR) is 102 cm³/mol. The molecule has 0 radical (unpaired) electrons. The quantitative estimate of drug-likeness (QED) is 0.444. The Balaban J connectivity index is 1.63. The Labute approximate surface area is 165 Å². The third-order valence-corrected chi connectivity index (χ3v) is 4.63. The van der Waals surface area contributed by atoms with Crippen LogP contribution in [0.3, 0.4) is 0 Å². The number of nitrogen functional groups attached to an aromatic ring is 1. The summed E-state index contributed by atoms with van der Waals surface area (Å²) in [7, 11) is 0. The third kappa shape index (κ3) is 3.96. The molecule has 1 saturated heterocycles. The zero-order valence-electron chi connectivity index (χ0n) is 15.8. The largest absolute Gasteiger partial charge is 0.378 e. The van der Waals surface area contributed by atoms with E-state index >= 15 is 0 Å². The lowest BCUT2D eigenvalue weighted by Crippen LogP contribution is -2.26. The van der Waals surface area contributed by atoms with Gasteiger partial charge < -0.3 is 5.73 Å². The van der Waals surface area contributed by atoms with Crippen molar-refractivity contribution in [2.75, 3.05) is 18.8 Å². The molecule has 0 atom stereocenters. The predicted octanol–water partition coefficient (Wildman–Crippen LogP) is 0.377. The minimum absolute atomic E-state index is 0.00622. The smallest absolute Gasteiger partial charge is 0.292 e. The van der Waals surface area contributed by atoms with E-state index in [9.17, 15) is 4.79 Å². The molecule has 3 aromatic heterocycles. The molecule has 3 N–H and O–H groups in total. The van der Waals surface area contributed by atoms with E-state index in [-0.39, 0.29) is 17.3 Å². The first-order valence-corrected chi connectivity index (χ1v) is 9.14. The maximum Gasteiger partial charge on any atom is 0.292 e. The minimum Gasteiger partial charge on any atom is -0.378 e. The minimum atomic E-state index is -0.491. The van der Waals surface area contributed by atoms with Crippen LogP contribution in [0, 0.1) is 0 Å². The van der Waals surface area contributed by atoms with Crippen molar-refractivity contribution in [2.24, 2.45) is 5.10 Å². The van der Waals surface area contributed by atoms with E-state index in [4.69, 9.17) is 5.73 Å². The van der Waals surface area contributed by atoms with Crippen LogP contribution in [-0.2, 0) is 6.54 Å². The molecular formula is C17H20N10O2. The van der Waals surface area contributed by atoms with E-state index in [1.807, 2.05) is 6.07 Å². The summed E-state index contributed by atoms with van der Waals surface area (Å²) in [5.41, 5.74) is 10.4. The van der Waals surface area contributed by atoms with E-state index in [1.165, 1.54) is 4.68 Å². The Morgan fingerprint density at radius 2 is 2.17 bits per heavy atom. The van der Waals surface area contributed by atoms with Crippen LogP contribution >= 0.6 is 0 Å². The van der Waals surface area contributed by atoms with Gasteiger partial charge in [-0.25, -0.2) is 10.1 Å². The molecule has 12 heteroatoms. The van der Waals surface area contributed by atoms with Crippen molar-refractivity contribution >= 4 is 17.4 Å². The normalized spacial score (nSPS) is 15.0. The van der Waals surface area contributed by atoms with Gasteiger partial charge in [0.15, 0.2) is 5.69 Å². The second-order valence-corrected chi connectivity index (χ2v) is 6.63. The maximum absolute atomic E-state index is 13.0. The van der Waals surface area contributed by atoms with Crippen molar-refractivity contribution in [2.45, 2.75) is 26.3 Å². The van der Waals surface area contributed by atoms with E-state index in [0.29, 0.717) is 18.0 Å². The third-order valence-electron chi connectivity index (χ3n) is 4.63. The van der Waals surface area contributed by atoms with Gasteiger partial charge in [0.25, 0.3) is 5.91 Å². The number of carbonyl (C=O) groups is 1. The molecule has 1 amide bonds. The van der Waals surface area contributed by atoms with Gasteiger partial charge in [-0.3, -0.25) is 14.7 Å². The Bertz CT molecular complexity index is 1020. The summed E-state index contributed by atoms with van der Waals surface area (Å²) < 4.78 is 5.87. The molecular weight excluding hydrogens is 376 g/mol. The Hall–Kier alpha value is -3.67. The summed E-state index contributed by atoms with van der Waals surface area (Å²) in [6, 6.07) is 3.65. The highest BCUT2D eigenvalue weighted by molar-refractivity contribution is 6.00. The Kier molecular flexibility index (Phi) is 5.24. The average molecular weight is 396 g/mol. The Morgan fingerprint density at radius 3 is 2.86 bits per heavy atom.